The number of pyridine rings is 1. The zero-order valence-electron chi connectivity index (χ0n) is 14.2. The number of aromatic amines is 1. The van der Waals surface area contributed by atoms with Crippen molar-refractivity contribution >= 4 is 5.91 Å². The van der Waals surface area contributed by atoms with Gasteiger partial charge in [0.15, 0.2) is 0 Å². The first-order valence-electron chi connectivity index (χ1n) is 8.71. The Bertz CT molecular complexity index is 892. The number of likely N-dealkylation sites (tertiary alicyclic amines) is 1. The third-order valence-electron chi connectivity index (χ3n) is 4.79. The number of halogens is 1. The van der Waals surface area contributed by atoms with Crippen molar-refractivity contribution < 1.29 is 9.18 Å². The first-order valence-corrected chi connectivity index (χ1v) is 8.71. The molecule has 0 spiro atoms. The molecule has 1 fully saturated rings. The van der Waals surface area contributed by atoms with Crippen LogP contribution in [0.4, 0.5) is 4.39 Å². The Balaban J connectivity index is 1.50. The molecule has 0 bridgehead atoms. The SMILES string of the molecule is O=C(c1cccnc1)N1CCCC(c2cc(-c3ccc(F)cc3)n[nH]2)C1. The fraction of sp³-hybridized carbons (Fsp3) is 0.250. The average molecular weight is 350 g/mol. The zero-order valence-corrected chi connectivity index (χ0v) is 14.2. The lowest BCUT2D eigenvalue weighted by Gasteiger charge is -2.32. The quantitative estimate of drug-likeness (QED) is 0.785. The van der Waals surface area contributed by atoms with Crippen LogP contribution in [0, 0.1) is 5.82 Å². The highest BCUT2D eigenvalue weighted by atomic mass is 19.1. The van der Waals surface area contributed by atoms with E-state index in [-0.39, 0.29) is 17.6 Å². The summed E-state index contributed by atoms with van der Waals surface area (Å²) in [6, 6.07) is 11.9. The van der Waals surface area contributed by atoms with Gasteiger partial charge < -0.3 is 4.90 Å². The fourth-order valence-electron chi connectivity index (χ4n) is 3.40. The van der Waals surface area contributed by atoms with E-state index in [2.05, 4.69) is 15.2 Å². The molecule has 1 aromatic carbocycles. The van der Waals surface area contributed by atoms with Gasteiger partial charge in [0.05, 0.1) is 11.3 Å². The molecule has 1 unspecified atom stereocenters. The van der Waals surface area contributed by atoms with Crippen LogP contribution in [-0.2, 0) is 0 Å². The number of nitrogens with zero attached hydrogens (tertiary/aromatic N) is 3. The van der Waals surface area contributed by atoms with Gasteiger partial charge in [-0.1, -0.05) is 0 Å². The third kappa shape index (κ3) is 3.35. The second kappa shape index (κ2) is 7.07. The maximum Gasteiger partial charge on any atom is 0.255 e. The standard InChI is InChI=1S/C20H19FN4O/c21-17-7-5-14(6-8-17)18-11-19(24-23-18)16-4-2-10-25(13-16)20(26)15-3-1-9-22-12-15/h1,3,5-9,11-12,16H,2,4,10,13H2,(H,23,24). The van der Waals surface area contributed by atoms with Gasteiger partial charge in [-0.3, -0.25) is 14.9 Å². The van der Waals surface area contributed by atoms with Gasteiger partial charge in [-0.05, 0) is 55.3 Å². The molecule has 26 heavy (non-hydrogen) atoms. The molecule has 3 aromatic rings. The Hall–Kier alpha value is -3.02. The summed E-state index contributed by atoms with van der Waals surface area (Å²) >= 11 is 0. The number of rotatable bonds is 3. The highest BCUT2D eigenvalue weighted by Crippen LogP contribution is 2.29. The van der Waals surface area contributed by atoms with Crippen molar-refractivity contribution in [2.75, 3.05) is 13.1 Å². The molecule has 1 aliphatic heterocycles. The summed E-state index contributed by atoms with van der Waals surface area (Å²) in [5, 5.41) is 7.45. The van der Waals surface area contributed by atoms with Crippen LogP contribution in [0.25, 0.3) is 11.3 Å². The third-order valence-corrected chi connectivity index (χ3v) is 4.79. The molecule has 132 valence electrons. The van der Waals surface area contributed by atoms with E-state index >= 15 is 0 Å². The van der Waals surface area contributed by atoms with Crippen LogP contribution >= 0.6 is 0 Å². The smallest absolute Gasteiger partial charge is 0.255 e. The summed E-state index contributed by atoms with van der Waals surface area (Å²) in [5.74, 6) is -0.0338. The number of hydrogen-bond donors (Lipinski definition) is 1. The Kier molecular flexibility index (Phi) is 4.48. The van der Waals surface area contributed by atoms with Crippen molar-refractivity contribution in [2.24, 2.45) is 0 Å². The number of piperidine rings is 1. The molecule has 2 aromatic heterocycles. The minimum Gasteiger partial charge on any atom is -0.338 e. The lowest BCUT2D eigenvalue weighted by Crippen LogP contribution is -2.39. The minimum absolute atomic E-state index is 0.0149. The Morgan fingerprint density at radius 1 is 1.23 bits per heavy atom. The van der Waals surface area contributed by atoms with E-state index < -0.39 is 0 Å². The lowest BCUT2D eigenvalue weighted by atomic mass is 9.94. The van der Waals surface area contributed by atoms with Gasteiger partial charge in [-0.2, -0.15) is 5.10 Å². The second-order valence-corrected chi connectivity index (χ2v) is 6.55. The van der Waals surface area contributed by atoms with Gasteiger partial charge in [-0.25, -0.2) is 4.39 Å². The van der Waals surface area contributed by atoms with E-state index in [9.17, 15) is 9.18 Å². The maximum absolute atomic E-state index is 13.1. The molecule has 6 heteroatoms. The van der Waals surface area contributed by atoms with Crippen LogP contribution in [-0.4, -0.2) is 39.1 Å². The van der Waals surface area contributed by atoms with Crippen LogP contribution < -0.4 is 0 Å². The molecule has 1 amide bonds. The molecule has 0 radical (unpaired) electrons. The molecule has 3 heterocycles. The largest absolute Gasteiger partial charge is 0.338 e. The minimum atomic E-state index is -0.263. The Morgan fingerprint density at radius 2 is 2.08 bits per heavy atom. The number of carbonyl (C=O) groups excluding carboxylic acids is 1. The van der Waals surface area contributed by atoms with Crippen LogP contribution in [0.2, 0.25) is 0 Å². The van der Waals surface area contributed by atoms with Crippen LogP contribution in [0.15, 0.2) is 54.9 Å². The van der Waals surface area contributed by atoms with E-state index in [0.29, 0.717) is 12.1 Å². The van der Waals surface area contributed by atoms with Crippen molar-refractivity contribution in [1.29, 1.82) is 0 Å². The molecule has 1 atom stereocenters. The number of aromatic nitrogens is 3. The molecule has 4 rings (SSSR count). The van der Waals surface area contributed by atoms with E-state index in [1.807, 2.05) is 11.0 Å². The first kappa shape index (κ1) is 16.4. The summed E-state index contributed by atoms with van der Waals surface area (Å²) in [4.78, 5) is 18.6. The molecular weight excluding hydrogens is 331 g/mol. The highest BCUT2D eigenvalue weighted by molar-refractivity contribution is 5.94. The number of carbonyl (C=O) groups is 1. The number of hydrogen-bond acceptors (Lipinski definition) is 3. The summed E-state index contributed by atoms with van der Waals surface area (Å²) < 4.78 is 13.1. The average Bonchev–Trinajstić information content (AvgIpc) is 3.19. The number of amides is 1. The van der Waals surface area contributed by atoms with Gasteiger partial charge >= 0.3 is 0 Å². The molecule has 1 N–H and O–H groups in total. The first-order chi connectivity index (χ1) is 12.7. The predicted octanol–water partition coefficient (Wildman–Crippen LogP) is 3.63. The van der Waals surface area contributed by atoms with Crippen LogP contribution in [0.5, 0.6) is 0 Å². The molecule has 1 aliphatic rings. The van der Waals surface area contributed by atoms with Crippen LogP contribution in [0.1, 0.15) is 34.8 Å². The molecule has 5 nitrogen and oxygen atoms in total. The molecule has 0 aliphatic carbocycles. The zero-order chi connectivity index (χ0) is 17.9. The van der Waals surface area contributed by atoms with Crippen molar-refractivity contribution in [1.82, 2.24) is 20.1 Å². The second-order valence-electron chi connectivity index (χ2n) is 6.55. The topological polar surface area (TPSA) is 61.9 Å². The monoisotopic (exact) mass is 350 g/mol. The summed E-state index contributed by atoms with van der Waals surface area (Å²) in [7, 11) is 0. The van der Waals surface area contributed by atoms with Crippen molar-refractivity contribution in [3.8, 4) is 11.3 Å². The van der Waals surface area contributed by atoms with Gasteiger partial charge in [0, 0.05) is 42.7 Å². The Labute approximate surface area is 150 Å². The highest BCUT2D eigenvalue weighted by Gasteiger charge is 2.26. The summed E-state index contributed by atoms with van der Waals surface area (Å²) in [5.41, 5.74) is 3.28. The van der Waals surface area contributed by atoms with E-state index in [1.165, 1.54) is 12.1 Å². The van der Waals surface area contributed by atoms with Crippen molar-refractivity contribution in [3.63, 3.8) is 0 Å². The van der Waals surface area contributed by atoms with E-state index in [0.717, 1.165) is 36.3 Å². The van der Waals surface area contributed by atoms with Crippen molar-refractivity contribution in [2.45, 2.75) is 18.8 Å². The number of H-pyrrole nitrogens is 1. The fourth-order valence-corrected chi connectivity index (χ4v) is 3.40. The van der Waals surface area contributed by atoms with Gasteiger partial charge in [-0.15, -0.1) is 0 Å². The molecular formula is C20H19FN4O. The lowest BCUT2D eigenvalue weighted by molar-refractivity contribution is 0.0705. The summed E-state index contributed by atoms with van der Waals surface area (Å²) in [6.07, 6.45) is 5.22. The number of nitrogens with one attached hydrogen (secondary N) is 1. The maximum atomic E-state index is 13.1. The van der Waals surface area contributed by atoms with Gasteiger partial charge in [0.1, 0.15) is 5.82 Å². The predicted molar refractivity (Wildman–Crippen MR) is 96.1 cm³/mol. The number of benzene rings is 1. The normalized spacial score (nSPS) is 17.3. The Morgan fingerprint density at radius 3 is 2.85 bits per heavy atom. The van der Waals surface area contributed by atoms with E-state index in [4.69, 9.17) is 0 Å². The van der Waals surface area contributed by atoms with E-state index in [1.54, 1.807) is 36.7 Å². The molecule has 1 saturated heterocycles. The van der Waals surface area contributed by atoms with Crippen LogP contribution in [0.3, 0.4) is 0 Å². The van der Waals surface area contributed by atoms with Gasteiger partial charge in [0.25, 0.3) is 5.91 Å². The van der Waals surface area contributed by atoms with Crippen molar-refractivity contribution in [3.05, 3.63) is 71.9 Å². The summed E-state index contributed by atoms with van der Waals surface area (Å²) in [6.45, 7) is 1.40. The molecule has 0 saturated carbocycles. The van der Waals surface area contributed by atoms with Gasteiger partial charge in [0.2, 0.25) is 0 Å².